The first kappa shape index (κ1) is 32.8. The average molecular weight is 563 g/mol. The van der Waals surface area contributed by atoms with Gasteiger partial charge in [0.15, 0.2) is 8.32 Å². The molecule has 0 unspecified atom stereocenters. The van der Waals surface area contributed by atoms with Gasteiger partial charge < -0.3 is 18.2 Å². The first-order valence-corrected chi connectivity index (χ1v) is 18.3. The standard InChI is InChI=1S/C31H51O5PSi/c1-23(2)35-37(32,36-24(3)4)27-20-25(5)29(28(21-27)33-22-26-16-14-13-15-17-26)31(9,10)18-19-34-38(11,12)30(6,7)8/h13-17,20-21,23-24H,18-19,22H2,1-12H3. The highest BCUT2D eigenvalue weighted by Gasteiger charge is 2.38. The molecular formula is C31H51O5PSi. The zero-order valence-electron chi connectivity index (χ0n) is 25.8. The number of hydrogen-bond donors (Lipinski definition) is 0. The number of benzene rings is 2. The third-order valence-electron chi connectivity index (χ3n) is 7.21. The van der Waals surface area contributed by atoms with Gasteiger partial charge in [0.1, 0.15) is 12.4 Å². The van der Waals surface area contributed by atoms with Crippen LogP contribution in [0.1, 0.15) is 85.4 Å². The first-order chi connectivity index (χ1) is 17.4. The molecule has 0 fully saturated rings. The number of hydrogen-bond acceptors (Lipinski definition) is 5. The van der Waals surface area contributed by atoms with E-state index in [1.165, 1.54) is 0 Å². The highest BCUT2D eigenvalue weighted by molar-refractivity contribution is 7.62. The Balaban J connectivity index is 2.52. The van der Waals surface area contributed by atoms with Crippen molar-refractivity contribution in [2.75, 3.05) is 6.61 Å². The van der Waals surface area contributed by atoms with E-state index in [0.29, 0.717) is 24.3 Å². The van der Waals surface area contributed by atoms with Gasteiger partial charge >= 0.3 is 7.60 Å². The van der Waals surface area contributed by atoms with Gasteiger partial charge in [0.05, 0.1) is 17.5 Å². The van der Waals surface area contributed by atoms with Crippen molar-refractivity contribution in [1.82, 2.24) is 0 Å². The van der Waals surface area contributed by atoms with Gasteiger partial charge in [-0.05, 0) is 87.8 Å². The van der Waals surface area contributed by atoms with Gasteiger partial charge in [0, 0.05) is 12.2 Å². The molecule has 7 heteroatoms. The summed E-state index contributed by atoms with van der Waals surface area (Å²) < 4.78 is 38.9. The molecule has 0 aliphatic carbocycles. The maximum absolute atomic E-state index is 14.0. The molecule has 0 radical (unpaired) electrons. The normalized spacial score (nSPS) is 13.4. The molecule has 0 saturated carbocycles. The lowest BCUT2D eigenvalue weighted by Gasteiger charge is -2.38. The van der Waals surface area contributed by atoms with E-state index < -0.39 is 15.9 Å². The Hall–Kier alpha value is -1.43. The van der Waals surface area contributed by atoms with Crippen LogP contribution in [0.3, 0.4) is 0 Å². The van der Waals surface area contributed by atoms with Gasteiger partial charge in [0.25, 0.3) is 0 Å². The lowest BCUT2D eigenvalue weighted by Crippen LogP contribution is -2.41. The van der Waals surface area contributed by atoms with Crippen molar-refractivity contribution in [3.8, 4) is 5.75 Å². The average Bonchev–Trinajstić information content (AvgIpc) is 2.75. The summed E-state index contributed by atoms with van der Waals surface area (Å²) >= 11 is 0. The van der Waals surface area contributed by atoms with E-state index in [4.69, 9.17) is 18.2 Å². The smallest absolute Gasteiger partial charge is 0.361 e. The fraction of sp³-hybridized carbons (Fsp3) is 0.613. The van der Waals surface area contributed by atoms with Gasteiger partial charge in [-0.1, -0.05) is 65.0 Å². The molecule has 2 aromatic carbocycles. The summed E-state index contributed by atoms with van der Waals surface area (Å²) in [5, 5.41) is 0.685. The summed E-state index contributed by atoms with van der Waals surface area (Å²) in [6.45, 7) is 26.4. The molecule has 0 bridgehead atoms. The van der Waals surface area contributed by atoms with Crippen LogP contribution < -0.4 is 10.0 Å². The molecule has 0 aliphatic heterocycles. The van der Waals surface area contributed by atoms with Crippen LogP contribution in [0.25, 0.3) is 0 Å². The fourth-order valence-corrected chi connectivity index (χ4v) is 7.29. The van der Waals surface area contributed by atoms with Crippen LogP contribution in [-0.4, -0.2) is 27.1 Å². The van der Waals surface area contributed by atoms with Crippen LogP contribution in [0.4, 0.5) is 0 Å². The molecule has 0 N–H and O–H groups in total. The summed E-state index contributed by atoms with van der Waals surface area (Å²) in [6.07, 6.45) is 0.332. The second-order valence-corrected chi connectivity index (χ2v) is 19.7. The van der Waals surface area contributed by atoms with Gasteiger partial charge in [-0.15, -0.1) is 0 Å². The highest BCUT2D eigenvalue weighted by Crippen LogP contribution is 2.51. The van der Waals surface area contributed by atoms with Crippen molar-refractivity contribution < 1.29 is 22.8 Å². The molecule has 5 nitrogen and oxygen atoms in total. The number of ether oxygens (including phenoxy) is 1. The maximum Gasteiger partial charge on any atom is 0.361 e. The lowest BCUT2D eigenvalue weighted by molar-refractivity contribution is 0.150. The van der Waals surface area contributed by atoms with Gasteiger partial charge in [0.2, 0.25) is 0 Å². The van der Waals surface area contributed by atoms with Crippen molar-refractivity contribution in [3.63, 3.8) is 0 Å². The maximum atomic E-state index is 14.0. The van der Waals surface area contributed by atoms with Crippen LogP contribution in [-0.2, 0) is 30.1 Å². The van der Waals surface area contributed by atoms with Crippen molar-refractivity contribution in [1.29, 1.82) is 0 Å². The molecule has 0 aromatic heterocycles. The van der Waals surface area contributed by atoms with E-state index in [1.807, 2.05) is 70.2 Å². The minimum absolute atomic E-state index is 0.159. The molecule has 0 atom stereocenters. The van der Waals surface area contributed by atoms with Crippen molar-refractivity contribution >= 4 is 21.2 Å². The van der Waals surface area contributed by atoms with E-state index in [2.05, 4.69) is 54.6 Å². The molecule has 38 heavy (non-hydrogen) atoms. The van der Waals surface area contributed by atoms with Crippen LogP contribution in [0.5, 0.6) is 5.75 Å². The SMILES string of the molecule is Cc1cc(P(=O)(OC(C)C)OC(C)C)cc(OCc2ccccc2)c1C(C)(C)CCO[Si](C)(C)C(C)(C)C. The Kier molecular flexibility index (Phi) is 11.1. The Morgan fingerprint density at radius 1 is 0.895 bits per heavy atom. The van der Waals surface area contributed by atoms with Gasteiger partial charge in [-0.2, -0.15) is 0 Å². The van der Waals surface area contributed by atoms with E-state index in [9.17, 15) is 4.57 Å². The molecule has 0 spiro atoms. The van der Waals surface area contributed by atoms with E-state index in [0.717, 1.165) is 23.1 Å². The zero-order valence-corrected chi connectivity index (χ0v) is 27.7. The number of aryl methyl sites for hydroxylation is 1. The fourth-order valence-electron chi connectivity index (χ4n) is 4.22. The minimum atomic E-state index is -3.57. The van der Waals surface area contributed by atoms with Crippen LogP contribution in [0, 0.1) is 6.92 Å². The second-order valence-electron chi connectivity index (χ2n) is 13.0. The van der Waals surface area contributed by atoms with Gasteiger partial charge in [-0.3, -0.25) is 4.57 Å². The summed E-state index contributed by atoms with van der Waals surface area (Å²) in [5.74, 6) is 0.709. The molecule has 0 saturated heterocycles. The predicted molar refractivity (Wildman–Crippen MR) is 162 cm³/mol. The van der Waals surface area contributed by atoms with Crippen molar-refractivity contribution in [2.45, 2.75) is 118 Å². The summed E-state index contributed by atoms with van der Waals surface area (Å²) in [7, 11) is -5.43. The molecule has 0 amide bonds. The molecule has 0 aliphatic rings. The first-order valence-electron chi connectivity index (χ1n) is 13.8. The molecule has 2 aromatic rings. The molecular weight excluding hydrogens is 511 g/mol. The van der Waals surface area contributed by atoms with Crippen LogP contribution >= 0.6 is 7.60 Å². The Morgan fingerprint density at radius 2 is 1.45 bits per heavy atom. The summed E-state index contributed by atoms with van der Waals surface area (Å²) in [4.78, 5) is 0. The third-order valence-corrected chi connectivity index (χ3v) is 14.0. The van der Waals surface area contributed by atoms with Crippen molar-refractivity contribution in [3.05, 3.63) is 59.2 Å². The number of rotatable bonds is 13. The predicted octanol–water partition coefficient (Wildman–Crippen LogP) is 8.93. The Labute approximate surface area is 233 Å². The zero-order chi connectivity index (χ0) is 28.9. The topological polar surface area (TPSA) is 54.0 Å². The van der Waals surface area contributed by atoms with Crippen LogP contribution in [0.2, 0.25) is 18.1 Å². The van der Waals surface area contributed by atoms with E-state index in [-0.39, 0.29) is 22.7 Å². The molecule has 214 valence electrons. The Morgan fingerprint density at radius 3 is 1.95 bits per heavy atom. The minimum Gasteiger partial charge on any atom is -0.489 e. The monoisotopic (exact) mass is 562 g/mol. The summed E-state index contributed by atoms with van der Waals surface area (Å²) in [6, 6.07) is 13.9. The quantitative estimate of drug-likeness (QED) is 0.180. The largest absolute Gasteiger partial charge is 0.489 e. The highest BCUT2D eigenvalue weighted by atomic mass is 31.2. The molecule has 2 rings (SSSR count). The third kappa shape index (κ3) is 8.79. The van der Waals surface area contributed by atoms with E-state index >= 15 is 0 Å². The van der Waals surface area contributed by atoms with Crippen molar-refractivity contribution in [2.24, 2.45) is 0 Å². The van der Waals surface area contributed by atoms with E-state index in [1.54, 1.807) is 0 Å². The Bertz CT molecular complexity index is 1070. The summed E-state index contributed by atoms with van der Waals surface area (Å²) in [5.41, 5.74) is 2.93. The lowest BCUT2D eigenvalue weighted by atomic mass is 9.79. The second kappa shape index (κ2) is 12.8. The van der Waals surface area contributed by atoms with Gasteiger partial charge in [-0.25, -0.2) is 0 Å². The molecule has 0 heterocycles. The van der Waals surface area contributed by atoms with Crippen LogP contribution in [0.15, 0.2) is 42.5 Å².